The Morgan fingerprint density at radius 3 is 2.74 bits per heavy atom. The van der Waals surface area contributed by atoms with E-state index in [1.165, 1.54) is 0 Å². The lowest BCUT2D eigenvalue weighted by Crippen LogP contribution is -2.29. The first-order chi connectivity index (χ1) is 11.1. The third-order valence-corrected chi connectivity index (χ3v) is 5.05. The number of hydrogen-bond acceptors (Lipinski definition) is 3. The van der Waals surface area contributed by atoms with Crippen LogP contribution in [0.1, 0.15) is 23.2 Å². The average molecular weight is 310 g/mol. The molecule has 2 heterocycles. The maximum absolute atomic E-state index is 12.8. The molecule has 4 rings (SSSR count). The Labute approximate surface area is 133 Å². The zero-order valence-corrected chi connectivity index (χ0v) is 12.7. The summed E-state index contributed by atoms with van der Waals surface area (Å²) in [5, 5.41) is 10.3. The van der Waals surface area contributed by atoms with Crippen molar-refractivity contribution >= 4 is 22.8 Å². The van der Waals surface area contributed by atoms with Gasteiger partial charge in [0.05, 0.1) is 11.4 Å². The summed E-state index contributed by atoms with van der Waals surface area (Å²) in [7, 11) is 0. The molecule has 2 aromatic rings. The second-order valence-corrected chi connectivity index (χ2v) is 6.57. The Morgan fingerprint density at radius 1 is 1.17 bits per heavy atom. The molecule has 1 aliphatic heterocycles. The van der Waals surface area contributed by atoms with Crippen molar-refractivity contribution in [1.29, 1.82) is 0 Å². The van der Waals surface area contributed by atoms with Gasteiger partial charge in [0.25, 0.3) is 5.91 Å². The number of aromatic nitrogens is 1. The molecule has 1 aromatic heterocycles. The van der Waals surface area contributed by atoms with Crippen LogP contribution in [0, 0.1) is 17.8 Å². The molecule has 1 saturated carbocycles. The number of likely N-dealkylation sites (tertiary alicyclic amines) is 1. The highest BCUT2D eigenvalue weighted by molar-refractivity contribution is 5.98. The van der Waals surface area contributed by atoms with E-state index in [1.54, 1.807) is 17.2 Å². The molecule has 5 nitrogen and oxygen atoms in total. The van der Waals surface area contributed by atoms with Crippen molar-refractivity contribution in [3.8, 4) is 0 Å². The number of nitrogens with zero attached hydrogens (tertiary/aromatic N) is 2. The molecule has 2 atom stereocenters. The zero-order chi connectivity index (χ0) is 16.0. The van der Waals surface area contributed by atoms with Gasteiger partial charge in [0.2, 0.25) is 0 Å². The fourth-order valence-corrected chi connectivity index (χ4v) is 3.65. The third-order valence-electron chi connectivity index (χ3n) is 5.05. The van der Waals surface area contributed by atoms with Crippen LogP contribution in [-0.2, 0) is 4.79 Å². The van der Waals surface area contributed by atoms with Gasteiger partial charge in [0, 0.05) is 30.2 Å². The highest BCUT2D eigenvalue weighted by Crippen LogP contribution is 2.44. The molecule has 118 valence electrons. The van der Waals surface area contributed by atoms with Crippen LogP contribution >= 0.6 is 0 Å². The molecule has 0 spiro atoms. The summed E-state index contributed by atoms with van der Waals surface area (Å²) in [6, 6.07) is 9.22. The predicted octanol–water partition coefficient (Wildman–Crippen LogP) is 2.42. The van der Waals surface area contributed by atoms with E-state index in [2.05, 4.69) is 4.98 Å². The second-order valence-electron chi connectivity index (χ2n) is 6.57. The van der Waals surface area contributed by atoms with Crippen molar-refractivity contribution in [3.05, 3.63) is 42.1 Å². The Kier molecular flexibility index (Phi) is 3.29. The Bertz CT molecular complexity index is 785. The molecule has 0 bridgehead atoms. The number of rotatable bonds is 3. The standard InChI is InChI=1S/C18H18N2O3/c21-17(13-5-6-16-12(8-13)2-1-7-19-16)20-9-14(11-3-4-11)15(10-20)18(22)23/h1-2,5-8,11,14-15H,3-4,9-10H2,(H,22,23)/t14-,15+/m1/s1. The van der Waals surface area contributed by atoms with Crippen LogP contribution < -0.4 is 0 Å². The number of amides is 1. The van der Waals surface area contributed by atoms with Crippen molar-refractivity contribution in [3.63, 3.8) is 0 Å². The summed E-state index contributed by atoms with van der Waals surface area (Å²) in [4.78, 5) is 30.2. The second kappa shape index (κ2) is 5.33. The number of aliphatic carboxylic acids is 1. The van der Waals surface area contributed by atoms with Crippen LogP contribution in [0.25, 0.3) is 10.9 Å². The number of carboxylic acid groups (broad SMARTS) is 1. The maximum Gasteiger partial charge on any atom is 0.308 e. The Hall–Kier alpha value is -2.43. The van der Waals surface area contributed by atoms with Gasteiger partial charge in [0.15, 0.2) is 0 Å². The molecule has 1 N–H and O–H groups in total. The van der Waals surface area contributed by atoms with Crippen LogP contribution in [-0.4, -0.2) is 40.0 Å². The minimum atomic E-state index is -0.778. The van der Waals surface area contributed by atoms with Crippen LogP contribution in [0.2, 0.25) is 0 Å². The quantitative estimate of drug-likeness (QED) is 0.945. The van der Waals surface area contributed by atoms with Gasteiger partial charge in [-0.2, -0.15) is 0 Å². The van der Waals surface area contributed by atoms with Crippen molar-refractivity contribution < 1.29 is 14.7 Å². The lowest BCUT2D eigenvalue weighted by Gasteiger charge is -2.16. The maximum atomic E-state index is 12.8. The lowest BCUT2D eigenvalue weighted by atomic mass is 9.92. The third kappa shape index (κ3) is 2.56. The first-order valence-corrected chi connectivity index (χ1v) is 8.00. The molecule has 1 aromatic carbocycles. The van der Waals surface area contributed by atoms with Gasteiger partial charge >= 0.3 is 5.97 Å². The monoisotopic (exact) mass is 310 g/mol. The summed E-state index contributed by atoms with van der Waals surface area (Å²) in [5.74, 6) is -0.688. The first-order valence-electron chi connectivity index (χ1n) is 8.00. The van der Waals surface area contributed by atoms with E-state index in [4.69, 9.17) is 0 Å². The number of pyridine rings is 1. The van der Waals surface area contributed by atoms with Gasteiger partial charge in [0.1, 0.15) is 0 Å². The molecule has 0 radical (unpaired) electrons. The lowest BCUT2D eigenvalue weighted by molar-refractivity contribution is -0.142. The number of hydrogen-bond donors (Lipinski definition) is 1. The van der Waals surface area contributed by atoms with Crippen LogP contribution in [0.5, 0.6) is 0 Å². The summed E-state index contributed by atoms with van der Waals surface area (Å²) >= 11 is 0. The van der Waals surface area contributed by atoms with E-state index < -0.39 is 11.9 Å². The molecule has 1 amide bonds. The molecular weight excluding hydrogens is 292 g/mol. The van der Waals surface area contributed by atoms with E-state index >= 15 is 0 Å². The van der Waals surface area contributed by atoms with E-state index in [9.17, 15) is 14.7 Å². The molecule has 2 aliphatic rings. The zero-order valence-electron chi connectivity index (χ0n) is 12.7. The van der Waals surface area contributed by atoms with Gasteiger partial charge in [-0.05, 0) is 48.9 Å². The van der Waals surface area contributed by atoms with E-state index in [1.807, 2.05) is 24.3 Å². The van der Waals surface area contributed by atoms with Gasteiger partial charge in [-0.15, -0.1) is 0 Å². The number of carboxylic acids is 1. The molecule has 5 heteroatoms. The molecular formula is C18H18N2O3. The summed E-state index contributed by atoms with van der Waals surface area (Å²) in [6.45, 7) is 0.881. The van der Waals surface area contributed by atoms with Crippen molar-refractivity contribution in [2.24, 2.45) is 17.8 Å². The normalized spacial score (nSPS) is 24.1. The molecule has 2 fully saturated rings. The van der Waals surface area contributed by atoms with Crippen molar-refractivity contribution in [2.75, 3.05) is 13.1 Å². The van der Waals surface area contributed by atoms with E-state index in [0.29, 0.717) is 24.6 Å². The summed E-state index contributed by atoms with van der Waals surface area (Å²) < 4.78 is 0. The number of benzene rings is 1. The fraction of sp³-hybridized carbons (Fsp3) is 0.389. The molecule has 23 heavy (non-hydrogen) atoms. The van der Waals surface area contributed by atoms with E-state index in [0.717, 1.165) is 23.7 Å². The summed E-state index contributed by atoms with van der Waals surface area (Å²) in [5.41, 5.74) is 1.45. The molecule has 1 aliphatic carbocycles. The van der Waals surface area contributed by atoms with Crippen LogP contribution in [0.4, 0.5) is 0 Å². The highest BCUT2D eigenvalue weighted by Gasteiger charge is 2.46. The predicted molar refractivity (Wildman–Crippen MR) is 85.0 cm³/mol. The van der Waals surface area contributed by atoms with Gasteiger partial charge < -0.3 is 10.0 Å². The largest absolute Gasteiger partial charge is 0.481 e. The van der Waals surface area contributed by atoms with Gasteiger partial charge in [-0.1, -0.05) is 6.07 Å². The topological polar surface area (TPSA) is 70.5 Å². The van der Waals surface area contributed by atoms with Crippen LogP contribution in [0.3, 0.4) is 0 Å². The number of carbonyl (C=O) groups excluding carboxylic acids is 1. The number of carbonyl (C=O) groups is 2. The Morgan fingerprint density at radius 2 is 2.00 bits per heavy atom. The van der Waals surface area contributed by atoms with Crippen LogP contribution in [0.15, 0.2) is 36.5 Å². The average Bonchev–Trinajstić information content (AvgIpc) is 3.31. The van der Waals surface area contributed by atoms with E-state index in [-0.39, 0.29) is 11.8 Å². The smallest absolute Gasteiger partial charge is 0.308 e. The minimum Gasteiger partial charge on any atom is -0.481 e. The molecule has 0 unspecified atom stereocenters. The molecule has 1 saturated heterocycles. The first kappa shape index (κ1) is 14.2. The highest BCUT2D eigenvalue weighted by atomic mass is 16.4. The number of fused-ring (bicyclic) bond motifs is 1. The fourth-order valence-electron chi connectivity index (χ4n) is 3.65. The Balaban J connectivity index is 1.59. The summed E-state index contributed by atoms with van der Waals surface area (Å²) in [6.07, 6.45) is 3.91. The van der Waals surface area contributed by atoms with Gasteiger partial charge in [-0.25, -0.2) is 0 Å². The SMILES string of the molecule is O=C(O)[C@H]1CN(C(=O)c2ccc3ncccc3c2)C[C@@H]1C1CC1. The van der Waals surface area contributed by atoms with Crippen molar-refractivity contribution in [1.82, 2.24) is 9.88 Å². The van der Waals surface area contributed by atoms with Gasteiger partial charge in [-0.3, -0.25) is 14.6 Å². The van der Waals surface area contributed by atoms with Crippen molar-refractivity contribution in [2.45, 2.75) is 12.8 Å². The minimum absolute atomic E-state index is 0.0786.